The van der Waals surface area contributed by atoms with E-state index < -0.39 is 0 Å². The van der Waals surface area contributed by atoms with E-state index in [1.165, 1.54) is 38.9 Å². The van der Waals surface area contributed by atoms with E-state index in [2.05, 4.69) is 44.8 Å². The lowest BCUT2D eigenvalue weighted by molar-refractivity contribution is 0.164. The summed E-state index contributed by atoms with van der Waals surface area (Å²) in [4.78, 5) is 2.63. The van der Waals surface area contributed by atoms with E-state index >= 15 is 0 Å². The average molecular weight is 226 g/mol. The summed E-state index contributed by atoms with van der Waals surface area (Å²) in [6.07, 6.45) is 4.01. The molecule has 1 heterocycles. The zero-order valence-electron chi connectivity index (χ0n) is 11.8. The summed E-state index contributed by atoms with van der Waals surface area (Å²) in [5.74, 6) is 0. The van der Waals surface area contributed by atoms with Crippen LogP contribution in [-0.4, -0.2) is 36.6 Å². The van der Waals surface area contributed by atoms with Crippen molar-refractivity contribution in [2.45, 2.75) is 66.0 Å². The van der Waals surface area contributed by atoms with Gasteiger partial charge in [0.1, 0.15) is 0 Å². The molecular formula is C14H30N2. The Balaban J connectivity index is 2.27. The Hall–Kier alpha value is -0.0800. The third-order valence-corrected chi connectivity index (χ3v) is 3.25. The van der Waals surface area contributed by atoms with Crippen molar-refractivity contribution < 1.29 is 0 Å². The van der Waals surface area contributed by atoms with Crippen LogP contribution in [0.15, 0.2) is 0 Å². The van der Waals surface area contributed by atoms with E-state index in [0.29, 0.717) is 17.5 Å². The van der Waals surface area contributed by atoms with Gasteiger partial charge in [0, 0.05) is 18.6 Å². The summed E-state index contributed by atoms with van der Waals surface area (Å²) in [6.45, 7) is 15.3. The number of nitrogens with zero attached hydrogens (tertiary/aromatic N) is 1. The number of piperidine rings is 1. The molecule has 1 saturated heterocycles. The lowest BCUT2D eigenvalue weighted by Gasteiger charge is -2.35. The highest BCUT2D eigenvalue weighted by Gasteiger charge is 2.21. The zero-order valence-corrected chi connectivity index (χ0v) is 11.8. The van der Waals surface area contributed by atoms with Gasteiger partial charge in [-0.1, -0.05) is 34.6 Å². The van der Waals surface area contributed by atoms with Crippen LogP contribution < -0.4 is 5.32 Å². The highest BCUT2D eigenvalue weighted by molar-refractivity contribution is 4.80. The van der Waals surface area contributed by atoms with E-state index in [-0.39, 0.29) is 0 Å². The lowest BCUT2D eigenvalue weighted by atomic mass is 9.91. The SMILES string of the molecule is CC(C)NC1CCCN(CCC(C)(C)C)C1. The number of rotatable bonds is 4. The van der Waals surface area contributed by atoms with Crippen LogP contribution in [0.1, 0.15) is 53.9 Å². The van der Waals surface area contributed by atoms with Crippen LogP contribution in [0.4, 0.5) is 0 Å². The van der Waals surface area contributed by atoms with Crippen LogP contribution in [0.5, 0.6) is 0 Å². The molecule has 1 rings (SSSR count). The van der Waals surface area contributed by atoms with Gasteiger partial charge >= 0.3 is 0 Å². The molecule has 2 nitrogen and oxygen atoms in total. The first-order valence-electron chi connectivity index (χ1n) is 6.85. The molecule has 1 atom stereocenters. The first-order chi connectivity index (χ1) is 7.37. The molecule has 0 aliphatic carbocycles. The molecule has 0 aromatic rings. The summed E-state index contributed by atoms with van der Waals surface area (Å²) < 4.78 is 0. The highest BCUT2D eigenvalue weighted by atomic mass is 15.2. The van der Waals surface area contributed by atoms with Crippen LogP contribution in [0.2, 0.25) is 0 Å². The lowest BCUT2D eigenvalue weighted by Crippen LogP contribution is -2.48. The van der Waals surface area contributed by atoms with Crippen LogP contribution in [0, 0.1) is 5.41 Å². The third kappa shape index (κ3) is 5.86. The summed E-state index contributed by atoms with van der Waals surface area (Å²) in [6, 6.07) is 1.33. The largest absolute Gasteiger partial charge is 0.311 e. The number of hydrogen-bond acceptors (Lipinski definition) is 2. The molecule has 1 aliphatic rings. The molecule has 1 fully saturated rings. The second-order valence-electron chi connectivity index (χ2n) is 6.77. The van der Waals surface area contributed by atoms with E-state index in [0.717, 1.165) is 0 Å². The van der Waals surface area contributed by atoms with Crippen molar-refractivity contribution >= 4 is 0 Å². The predicted molar refractivity (Wildman–Crippen MR) is 71.8 cm³/mol. The Labute approximate surface area is 102 Å². The summed E-state index contributed by atoms with van der Waals surface area (Å²) in [7, 11) is 0. The highest BCUT2D eigenvalue weighted by Crippen LogP contribution is 2.20. The molecule has 0 aromatic heterocycles. The van der Waals surface area contributed by atoms with Gasteiger partial charge in [-0.2, -0.15) is 0 Å². The Morgan fingerprint density at radius 3 is 2.56 bits per heavy atom. The minimum absolute atomic E-state index is 0.471. The summed E-state index contributed by atoms with van der Waals surface area (Å²) in [5, 5.41) is 3.67. The second kappa shape index (κ2) is 6.02. The molecule has 16 heavy (non-hydrogen) atoms. The van der Waals surface area contributed by atoms with Crippen molar-refractivity contribution in [3.8, 4) is 0 Å². The third-order valence-electron chi connectivity index (χ3n) is 3.25. The quantitative estimate of drug-likeness (QED) is 0.793. The molecule has 1 unspecified atom stereocenters. The molecule has 0 aromatic carbocycles. The molecule has 0 amide bonds. The van der Waals surface area contributed by atoms with Crippen molar-refractivity contribution in [1.29, 1.82) is 0 Å². The molecule has 0 saturated carbocycles. The van der Waals surface area contributed by atoms with Gasteiger partial charge in [-0.3, -0.25) is 0 Å². The first kappa shape index (κ1) is 14.0. The standard InChI is InChI=1S/C14H30N2/c1-12(2)15-13-7-6-9-16(11-13)10-8-14(3,4)5/h12-13,15H,6-11H2,1-5H3. The Bertz CT molecular complexity index is 193. The second-order valence-corrected chi connectivity index (χ2v) is 6.77. The number of hydrogen-bond donors (Lipinski definition) is 1. The minimum Gasteiger partial charge on any atom is -0.311 e. The zero-order chi connectivity index (χ0) is 12.2. The van der Waals surface area contributed by atoms with Crippen molar-refractivity contribution in [3.05, 3.63) is 0 Å². The number of nitrogens with one attached hydrogen (secondary N) is 1. The van der Waals surface area contributed by atoms with Gasteiger partial charge in [-0.15, -0.1) is 0 Å². The maximum atomic E-state index is 3.67. The van der Waals surface area contributed by atoms with Gasteiger partial charge in [0.25, 0.3) is 0 Å². The van der Waals surface area contributed by atoms with Gasteiger partial charge in [0.05, 0.1) is 0 Å². The summed E-state index contributed by atoms with van der Waals surface area (Å²) >= 11 is 0. The molecule has 0 bridgehead atoms. The normalized spacial score (nSPS) is 24.0. The van der Waals surface area contributed by atoms with Gasteiger partial charge in [-0.25, -0.2) is 0 Å². The van der Waals surface area contributed by atoms with Crippen molar-refractivity contribution in [2.24, 2.45) is 5.41 Å². The fraction of sp³-hybridized carbons (Fsp3) is 1.00. The molecule has 1 N–H and O–H groups in total. The first-order valence-corrected chi connectivity index (χ1v) is 6.85. The van der Waals surface area contributed by atoms with Crippen molar-refractivity contribution in [1.82, 2.24) is 10.2 Å². The average Bonchev–Trinajstić information content (AvgIpc) is 2.13. The summed E-state index contributed by atoms with van der Waals surface area (Å²) in [5.41, 5.74) is 0.471. The van der Waals surface area contributed by atoms with Crippen LogP contribution in [-0.2, 0) is 0 Å². The van der Waals surface area contributed by atoms with Gasteiger partial charge in [0.15, 0.2) is 0 Å². The van der Waals surface area contributed by atoms with E-state index in [4.69, 9.17) is 0 Å². The van der Waals surface area contributed by atoms with Crippen LogP contribution in [0.25, 0.3) is 0 Å². The fourth-order valence-corrected chi connectivity index (χ4v) is 2.36. The minimum atomic E-state index is 0.471. The molecule has 1 aliphatic heterocycles. The van der Waals surface area contributed by atoms with Crippen LogP contribution >= 0.6 is 0 Å². The number of likely N-dealkylation sites (tertiary alicyclic amines) is 1. The fourth-order valence-electron chi connectivity index (χ4n) is 2.36. The monoisotopic (exact) mass is 226 g/mol. The van der Waals surface area contributed by atoms with E-state index in [1.54, 1.807) is 0 Å². The van der Waals surface area contributed by atoms with Crippen molar-refractivity contribution in [3.63, 3.8) is 0 Å². The molecular weight excluding hydrogens is 196 g/mol. The van der Waals surface area contributed by atoms with Crippen molar-refractivity contribution in [2.75, 3.05) is 19.6 Å². The molecule has 0 spiro atoms. The van der Waals surface area contributed by atoms with Gasteiger partial charge < -0.3 is 10.2 Å². The molecule has 0 radical (unpaired) electrons. The topological polar surface area (TPSA) is 15.3 Å². The maximum absolute atomic E-state index is 3.67. The maximum Gasteiger partial charge on any atom is 0.0197 e. The van der Waals surface area contributed by atoms with Gasteiger partial charge in [0.2, 0.25) is 0 Å². The Morgan fingerprint density at radius 1 is 1.31 bits per heavy atom. The van der Waals surface area contributed by atoms with Crippen LogP contribution in [0.3, 0.4) is 0 Å². The molecule has 96 valence electrons. The smallest absolute Gasteiger partial charge is 0.0197 e. The molecule has 2 heteroatoms. The van der Waals surface area contributed by atoms with E-state index in [1.807, 2.05) is 0 Å². The Morgan fingerprint density at radius 2 is 2.00 bits per heavy atom. The Kier molecular flexibility index (Phi) is 5.26. The van der Waals surface area contributed by atoms with Gasteiger partial charge in [-0.05, 0) is 37.8 Å². The predicted octanol–water partition coefficient (Wildman–Crippen LogP) is 2.89. The van der Waals surface area contributed by atoms with E-state index in [9.17, 15) is 0 Å².